The molecule has 6 nitrogen and oxygen atoms in total. The van der Waals surface area contributed by atoms with E-state index in [4.69, 9.17) is 12.2 Å². The van der Waals surface area contributed by atoms with Crippen molar-refractivity contribution in [2.75, 3.05) is 5.43 Å². The fourth-order valence-electron chi connectivity index (χ4n) is 2.80. The van der Waals surface area contributed by atoms with Crippen molar-refractivity contribution in [2.45, 2.75) is 0 Å². The van der Waals surface area contributed by atoms with Crippen molar-refractivity contribution >= 4 is 53.0 Å². The van der Waals surface area contributed by atoms with E-state index < -0.39 is 5.91 Å². The van der Waals surface area contributed by atoms with Crippen molar-refractivity contribution in [1.29, 1.82) is 0 Å². The summed E-state index contributed by atoms with van der Waals surface area (Å²) in [7, 11) is 0. The van der Waals surface area contributed by atoms with Gasteiger partial charge in [0, 0.05) is 23.5 Å². The smallest absolute Gasteiger partial charge is 0.270 e. The lowest BCUT2D eigenvalue weighted by Crippen LogP contribution is -2.22. The lowest BCUT2D eigenvalue weighted by atomic mass is 9.91. The van der Waals surface area contributed by atoms with Crippen LogP contribution in [0.3, 0.4) is 0 Å². The molecular formula is C20H13N3O3S2. The Morgan fingerprint density at radius 1 is 1.18 bits per heavy atom. The molecular weight excluding hydrogens is 394 g/mol. The van der Waals surface area contributed by atoms with E-state index in [1.54, 1.807) is 24.3 Å². The van der Waals surface area contributed by atoms with Crippen molar-refractivity contribution in [3.63, 3.8) is 0 Å². The third-order valence-electron chi connectivity index (χ3n) is 4.17. The lowest BCUT2D eigenvalue weighted by Gasteiger charge is -2.12. The second-order valence-electron chi connectivity index (χ2n) is 5.91. The van der Waals surface area contributed by atoms with Crippen molar-refractivity contribution in [3.05, 3.63) is 80.4 Å². The van der Waals surface area contributed by atoms with E-state index in [2.05, 4.69) is 10.4 Å². The molecule has 0 saturated heterocycles. The Balaban J connectivity index is 1.71. The number of nitrogens with one attached hydrogen (secondary N) is 1. The van der Waals surface area contributed by atoms with Crippen LogP contribution in [0.15, 0.2) is 54.9 Å². The fraction of sp³-hybridized carbons (Fsp3) is 0. The molecule has 0 unspecified atom stereocenters. The van der Waals surface area contributed by atoms with Crippen molar-refractivity contribution in [2.24, 2.45) is 0 Å². The number of nitrogens with zero attached hydrogens (tertiary/aromatic N) is 2. The van der Waals surface area contributed by atoms with Crippen molar-refractivity contribution in [1.82, 2.24) is 9.66 Å². The van der Waals surface area contributed by atoms with E-state index in [9.17, 15) is 14.7 Å². The van der Waals surface area contributed by atoms with Gasteiger partial charge in [-0.3, -0.25) is 20.0 Å². The predicted molar refractivity (Wildman–Crippen MR) is 111 cm³/mol. The van der Waals surface area contributed by atoms with Gasteiger partial charge in [0.15, 0.2) is 9.74 Å². The van der Waals surface area contributed by atoms with Gasteiger partial charge in [0.05, 0.1) is 4.88 Å². The van der Waals surface area contributed by atoms with E-state index in [1.807, 2.05) is 24.3 Å². The zero-order valence-corrected chi connectivity index (χ0v) is 16.0. The maximum Gasteiger partial charge on any atom is 0.270 e. The molecule has 1 aliphatic carbocycles. The highest BCUT2D eigenvalue weighted by Crippen LogP contribution is 2.33. The molecule has 3 aromatic rings. The number of rotatable bonds is 3. The molecule has 2 heterocycles. The first kappa shape index (κ1) is 18.0. The number of hydrogen-bond acceptors (Lipinski definition) is 6. The normalized spacial score (nSPS) is 14.1. The van der Waals surface area contributed by atoms with E-state index in [-0.39, 0.29) is 15.6 Å². The molecule has 138 valence electrons. The average Bonchev–Trinajstić information content (AvgIpc) is 2.98. The minimum Gasteiger partial charge on any atom is -0.492 e. The molecule has 0 spiro atoms. The first-order valence-corrected chi connectivity index (χ1v) is 9.47. The zero-order valence-electron chi connectivity index (χ0n) is 14.3. The Bertz CT molecular complexity index is 1210. The highest BCUT2D eigenvalue weighted by Gasteiger charge is 2.20. The second-order valence-corrected chi connectivity index (χ2v) is 7.59. The number of aromatic nitrogens is 2. The summed E-state index contributed by atoms with van der Waals surface area (Å²) < 4.78 is 1.38. The van der Waals surface area contributed by atoms with Crippen LogP contribution in [0.5, 0.6) is 5.88 Å². The summed E-state index contributed by atoms with van der Waals surface area (Å²) in [6.07, 6.45) is 7.84. The summed E-state index contributed by atoms with van der Waals surface area (Å²) in [6, 6.07) is 10.6. The second kappa shape index (κ2) is 7.34. The van der Waals surface area contributed by atoms with Crippen LogP contribution in [-0.4, -0.2) is 26.5 Å². The van der Waals surface area contributed by atoms with Crippen molar-refractivity contribution in [3.8, 4) is 5.88 Å². The van der Waals surface area contributed by atoms with Gasteiger partial charge in [0.1, 0.15) is 0 Å². The molecule has 0 fully saturated rings. The summed E-state index contributed by atoms with van der Waals surface area (Å²) >= 11 is 6.37. The van der Waals surface area contributed by atoms with Crippen LogP contribution < -0.4 is 5.43 Å². The molecule has 28 heavy (non-hydrogen) atoms. The minimum absolute atomic E-state index is 0.162. The Labute approximate surface area is 169 Å². The molecule has 0 bridgehead atoms. The molecule has 0 aliphatic heterocycles. The van der Waals surface area contributed by atoms with E-state index in [1.165, 1.54) is 18.5 Å². The van der Waals surface area contributed by atoms with E-state index >= 15 is 0 Å². The standard InChI is InChI=1S/C20H13N3O3S2/c24-16-6-5-12-3-1-2-4-14(12)15(16)11-17-19(26)23(20(27)28-17)22-18(25)13-7-9-21-10-8-13/h1-11,26H,(H,22,25)/b15-11-. The minimum atomic E-state index is -0.437. The maximum atomic E-state index is 12.4. The highest BCUT2D eigenvalue weighted by molar-refractivity contribution is 7.73. The van der Waals surface area contributed by atoms with Gasteiger partial charge in [-0.2, -0.15) is 4.68 Å². The average molecular weight is 407 g/mol. The van der Waals surface area contributed by atoms with Gasteiger partial charge in [-0.15, -0.1) is 0 Å². The largest absolute Gasteiger partial charge is 0.492 e. The van der Waals surface area contributed by atoms with Crippen LogP contribution in [0, 0.1) is 3.95 Å². The highest BCUT2D eigenvalue weighted by atomic mass is 32.1. The SMILES string of the molecule is O=C1C=Cc2ccccc2/C1=C/c1sc(=S)n(NC(=O)c2ccncc2)c1O. The van der Waals surface area contributed by atoms with E-state index in [0.717, 1.165) is 27.1 Å². The monoisotopic (exact) mass is 407 g/mol. The number of thiazole rings is 1. The Hall–Kier alpha value is -3.36. The summed E-state index contributed by atoms with van der Waals surface area (Å²) in [5.74, 6) is -0.831. The molecule has 1 amide bonds. The van der Waals surface area contributed by atoms with Crippen LogP contribution in [0.1, 0.15) is 26.4 Å². The van der Waals surface area contributed by atoms with Gasteiger partial charge in [-0.25, -0.2) is 0 Å². The molecule has 2 N–H and O–H groups in total. The Morgan fingerprint density at radius 2 is 1.93 bits per heavy atom. The summed E-state index contributed by atoms with van der Waals surface area (Å²) in [6.45, 7) is 0. The quantitative estimate of drug-likeness (QED) is 0.508. The molecule has 2 aromatic heterocycles. The summed E-state index contributed by atoms with van der Waals surface area (Å²) in [5, 5.41) is 10.6. The van der Waals surface area contributed by atoms with Crippen LogP contribution >= 0.6 is 23.6 Å². The third-order valence-corrected chi connectivity index (χ3v) is 5.48. The topological polar surface area (TPSA) is 84.2 Å². The fourth-order valence-corrected chi connectivity index (χ4v) is 3.97. The predicted octanol–water partition coefficient (Wildman–Crippen LogP) is 3.90. The summed E-state index contributed by atoms with van der Waals surface area (Å²) in [5.41, 5.74) is 5.09. The Morgan fingerprint density at radius 3 is 2.71 bits per heavy atom. The van der Waals surface area contributed by atoms with Gasteiger partial charge >= 0.3 is 0 Å². The number of allylic oxidation sites excluding steroid dienone is 2. The number of hydrogen-bond donors (Lipinski definition) is 2. The third kappa shape index (κ3) is 3.30. The van der Waals surface area contributed by atoms with E-state index in [0.29, 0.717) is 16.0 Å². The molecule has 0 radical (unpaired) electrons. The molecule has 8 heteroatoms. The number of amides is 1. The first-order chi connectivity index (χ1) is 13.5. The van der Waals surface area contributed by atoms with Crippen LogP contribution in [0.2, 0.25) is 0 Å². The number of aromatic hydroxyl groups is 1. The lowest BCUT2D eigenvalue weighted by molar-refractivity contribution is -0.109. The maximum absolute atomic E-state index is 12.4. The van der Waals surface area contributed by atoms with Gasteiger partial charge in [-0.05, 0) is 47.6 Å². The summed E-state index contributed by atoms with van der Waals surface area (Å²) in [4.78, 5) is 29.0. The Kier molecular flexibility index (Phi) is 4.72. The number of fused-ring (bicyclic) bond motifs is 1. The number of pyridine rings is 1. The molecule has 1 aromatic carbocycles. The van der Waals surface area contributed by atoms with Crippen LogP contribution in [-0.2, 0) is 4.79 Å². The number of carbonyl (C=O) groups is 2. The first-order valence-electron chi connectivity index (χ1n) is 8.24. The van der Waals surface area contributed by atoms with Crippen molar-refractivity contribution < 1.29 is 14.7 Å². The van der Waals surface area contributed by atoms with Gasteiger partial charge in [-0.1, -0.05) is 41.7 Å². The van der Waals surface area contributed by atoms with Crippen LogP contribution in [0.25, 0.3) is 17.7 Å². The number of benzene rings is 1. The van der Waals surface area contributed by atoms with Gasteiger partial charge in [0.2, 0.25) is 5.88 Å². The number of carbonyl (C=O) groups excluding carboxylic acids is 2. The molecule has 1 aliphatic rings. The molecule has 0 saturated carbocycles. The van der Waals surface area contributed by atoms with Gasteiger partial charge < -0.3 is 5.11 Å². The zero-order chi connectivity index (χ0) is 19.7. The van der Waals surface area contributed by atoms with Crippen LogP contribution in [0.4, 0.5) is 0 Å². The molecule has 4 rings (SSSR count). The number of ketones is 1. The molecule has 0 atom stereocenters. The van der Waals surface area contributed by atoms with Gasteiger partial charge in [0.25, 0.3) is 5.91 Å².